The summed E-state index contributed by atoms with van der Waals surface area (Å²) >= 11 is 9.43. The number of carbonyl (C=O) groups excluding carboxylic acids is 1. The van der Waals surface area contributed by atoms with Gasteiger partial charge >= 0.3 is 0 Å². The molecule has 1 N–H and O–H groups in total. The molecule has 1 saturated carbocycles. The number of thiazole rings is 1. The Labute approximate surface area is 221 Å². The quantitative estimate of drug-likeness (QED) is 0.381. The van der Waals surface area contributed by atoms with Gasteiger partial charge in [0.05, 0.1) is 9.90 Å². The summed E-state index contributed by atoms with van der Waals surface area (Å²) in [6.45, 7) is 10.3. The maximum Gasteiger partial charge on any atom is 0.257 e. The van der Waals surface area contributed by atoms with Gasteiger partial charge in [0.2, 0.25) is 0 Å². The molecule has 5 nitrogen and oxygen atoms in total. The first kappa shape index (κ1) is 24.8. The number of hydrogen-bond acceptors (Lipinski definition) is 6. The molecule has 8 heteroatoms. The topological polar surface area (TPSA) is 48.5 Å². The Balaban J connectivity index is 1.37. The number of benzene rings is 1. The highest BCUT2D eigenvalue weighted by Gasteiger charge is 2.28. The predicted octanol–water partition coefficient (Wildman–Crippen LogP) is 7.16. The molecule has 1 aliphatic heterocycles. The van der Waals surface area contributed by atoms with Crippen molar-refractivity contribution >= 4 is 50.3 Å². The van der Waals surface area contributed by atoms with E-state index in [1.54, 1.807) is 22.7 Å². The number of hydrogen-bond donors (Lipinski definition) is 1. The van der Waals surface area contributed by atoms with Crippen LogP contribution in [-0.2, 0) is 0 Å². The maximum absolute atomic E-state index is 13.1. The molecule has 0 atom stereocenters. The number of nitrogens with one attached hydrogen (secondary N) is 1. The van der Waals surface area contributed by atoms with E-state index in [1.807, 2.05) is 37.4 Å². The van der Waals surface area contributed by atoms with Gasteiger partial charge in [-0.05, 0) is 68.5 Å². The van der Waals surface area contributed by atoms with E-state index < -0.39 is 0 Å². The summed E-state index contributed by atoms with van der Waals surface area (Å²) in [6, 6.07) is 6.63. The van der Waals surface area contributed by atoms with Crippen LogP contribution in [0.25, 0.3) is 10.6 Å². The zero-order chi connectivity index (χ0) is 24.5. The number of nitrogens with zero attached hydrogens (tertiary/aromatic N) is 3. The summed E-state index contributed by atoms with van der Waals surface area (Å²) in [4.78, 5) is 24.2. The predicted molar refractivity (Wildman–Crippen MR) is 150 cm³/mol. The fraction of sp³-hybridized carbons (Fsp3) is 0.481. The van der Waals surface area contributed by atoms with Crippen LogP contribution in [0.3, 0.4) is 0 Å². The third kappa shape index (κ3) is 5.43. The first-order valence-electron chi connectivity index (χ1n) is 12.5. The summed E-state index contributed by atoms with van der Waals surface area (Å²) in [5, 5.41) is 7.50. The molecule has 3 aromatic rings. The molecule has 1 saturated heterocycles. The van der Waals surface area contributed by atoms with Crippen LogP contribution in [0.4, 0.5) is 10.1 Å². The van der Waals surface area contributed by atoms with Crippen LogP contribution in [0.5, 0.6) is 0 Å². The zero-order valence-corrected chi connectivity index (χ0v) is 23.1. The van der Waals surface area contributed by atoms with Crippen LogP contribution >= 0.6 is 34.3 Å². The number of halogens is 1. The van der Waals surface area contributed by atoms with Gasteiger partial charge in [-0.2, -0.15) is 0 Å². The van der Waals surface area contributed by atoms with Gasteiger partial charge in [-0.3, -0.25) is 15.0 Å². The lowest BCUT2D eigenvalue weighted by atomic mass is 9.94. The Bertz CT molecular complexity index is 1180. The summed E-state index contributed by atoms with van der Waals surface area (Å²) in [5.74, 6) is -0.116. The average molecular weight is 529 g/mol. The van der Waals surface area contributed by atoms with Crippen LogP contribution in [0.1, 0.15) is 59.2 Å². The van der Waals surface area contributed by atoms with Gasteiger partial charge in [-0.15, -0.1) is 11.3 Å². The molecule has 0 spiro atoms. The zero-order valence-electron chi connectivity index (χ0n) is 20.7. The molecular formula is C27H33ClN4OS2. The van der Waals surface area contributed by atoms with E-state index in [9.17, 15) is 4.79 Å². The van der Waals surface area contributed by atoms with Crippen molar-refractivity contribution in [2.45, 2.75) is 58.9 Å². The van der Waals surface area contributed by atoms with Gasteiger partial charge in [0.25, 0.3) is 5.91 Å². The van der Waals surface area contributed by atoms with Gasteiger partial charge in [-0.1, -0.05) is 42.2 Å². The van der Waals surface area contributed by atoms with Crippen molar-refractivity contribution in [1.29, 1.82) is 0 Å². The Kier molecular flexibility index (Phi) is 7.49. The third-order valence-corrected chi connectivity index (χ3v) is 9.83. The second-order valence-corrected chi connectivity index (χ2v) is 12.1. The minimum absolute atomic E-state index is 0.116. The molecule has 0 unspecified atom stereocenters. The van der Waals surface area contributed by atoms with Gasteiger partial charge in [-0.25, -0.2) is 4.98 Å². The van der Waals surface area contributed by atoms with E-state index in [2.05, 4.69) is 22.0 Å². The molecule has 2 fully saturated rings. The molecule has 1 amide bonds. The van der Waals surface area contributed by atoms with Crippen molar-refractivity contribution in [2.24, 2.45) is 0 Å². The molecule has 2 aromatic heterocycles. The van der Waals surface area contributed by atoms with E-state index in [4.69, 9.17) is 16.6 Å². The molecule has 3 heterocycles. The lowest BCUT2D eigenvalue weighted by molar-refractivity contribution is 0.102. The maximum atomic E-state index is 13.1. The fourth-order valence-corrected chi connectivity index (χ4v) is 7.41. The molecule has 1 aromatic carbocycles. The number of thiophene rings is 1. The van der Waals surface area contributed by atoms with Gasteiger partial charge in [0.15, 0.2) is 5.13 Å². The van der Waals surface area contributed by atoms with Crippen LogP contribution in [0.2, 0.25) is 5.02 Å². The second-order valence-electron chi connectivity index (χ2n) is 9.81. The third-order valence-electron chi connectivity index (χ3n) is 7.51. The second kappa shape index (κ2) is 10.6. The lowest BCUT2D eigenvalue weighted by Gasteiger charge is -2.41. The number of aryl methyl sites for hydroxylation is 2. The highest BCUT2D eigenvalue weighted by Crippen LogP contribution is 2.42. The Hall–Kier alpha value is -1.93. The van der Waals surface area contributed by atoms with Gasteiger partial charge in [0.1, 0.15) is 10.7 Å². The number of carbonyl (C=O) groups is 1. The normalized spacial score (nSPS) is 17.7. The van der Waals surface area contributed by atoms with E-state index in [1.165, 1.54) is 37.7 Å². The highest BCUT2D eigenvalue weighted by molar-refractivity contribution is 7.21. The van der Waals surface area contributed by atoms with Crippen molar-refractivity contribution in [3.63, 3.8) is 0 Å². The molecule has 1 aliphatic carbocycles. The van der Waals surface area contributed by atoms with Crippen molar-refractivity contribution < 1.29 is 4.79 Å². The largest absolute Gasteiger partial charge is 0.359 e. The van der Waals surface area contributed by atoms with Gasteiger partial charge in [0, 0.05) is 43.2 Å². The van der Waals surface area contributed by atoms with Crippen molar-refractivity contribution in [3.8, 4) is 10.6 Å². The van der Waals surface area contributed by atoms with E-state index in [0.717, 1.165) is 63.9 Å². The molecule has 2 aliphatic rings. The number of anilines is 2. The molecular weight excluding hydrogens is 496 g/mol. The lowest BCUT2D eigenvalue weighted by Crippen LogP contribution is -2.50. The number of rotatable bonds is 5. The van der Waals surface area contributed by atoms with Crippen molar-refractivity contribution in [2.75, 3.05) is 36.4 Å². The number of amides is 1. The van der Waals surface area contributed by atoms with Crippen molar-refractivity contribution in [1.82, 2.24) is 9.88 Å². The fourth-order valence-electron chi connectivity index (χ4n) is 5.25. The minimum Gasteiger partial charge on any atom is -0.359 e. The van der Waals surface area contributed by atoms with Gasteiger partial charge < -0.3 is 4.90 Å². The van der Waals surface area contributed by atoms with E-state index >= 15 is 0 Å². The number of piperazine rings is 1. The minimum atomic E-state index is -0.116. The first-order valence-corrected chi connectivity index (χ1v) is 14.6. The van der Waals surface area contributed by atoms with Crippen molar-refractivity contribution in [3.05, 3.63) is 50.9 Å². The Morgan fingerprint density at radius 3 is 2.34 bits per heavy atom. The van der Waals surface area contributed by atoms with E-state index in [0.29, 0.717) is 10.7 Å². The molecule has 0 bridgehead atoms. The Morgan fingerprint density at radius 2 is 1.71 bits per heavy atom. The molecule has 35 heavy (non-hydrogen) atoms. The molecule has 186 valence electrons. The van der Waals surface area contributed by atoms with Crippen LogP contribution in [0.15, 0.2) is 23.6 Å². The summed E-state index contributed by atoms with van der Waals surface area (Å²) in [5.41, 5.74) is 5.07. The van der Waals surface area contributed by atoms with Crippen LogP contribution in [-0.4, -0.2) is 48.0 Å². The summed E-state index contributed by atoms with van der Waals surface area (Å²) in [7, 11) is 0. The highest BCUT2D eigenvalue weighted by atomic mass is 35.5. The SMILES string of the molecule is Cc1cc(C(=O)Nc2nc(-c3cc(Cl)cs3)c(N3CCN(C4CCCCC4)CC3)s2)cc(C)c1C. The molecule has 0 radical (unpaired) electrons. The first-order chi connectivity index (χ1) is 16.9. The molecule has 5 rings (SSSR count). The number of aromatic nitrogens is 1. The van der Waals surface area contributed by atoms with Crippen LogP contribution in [0, 0.1) is 20.8 Å². The average Bonchev–Trinajstić information content (AvgIpc) is 3.49. The Morgan fingerprint density at radius 1 is 1.03 bits per heavy atom. The van der Waals surface area contributed by atoms with Crippen LogP contribution < -0.4 is 10.2 Å². The monoisotopic (exact) mass is 528 g/mol. The van der Waals surface area contributed by atoms with E-state index in [-0.39, 0.29) is 5.91 Å². The summed E-state index contributed by atoms with van der Waals surface area (Å²) < 4.78 is 0. The summed E-state index contributed by atoms with van der Waals surface area (Å²) in [6.07, 6.45) is 6.81. The smallest absolute Gasteiger partial charge is 0.257 e. The standard InChI is InChI=1S/C27H33ClN4OS2/c1-17-13-20(14-18(2)19(17)3)25(33)30-27-29-24(23-15-21(28)16-34-23)26(35-27)32-11-9-31(10-12-32)22-7-5-4-6-8-22/h13-16,22H,4-12H2,1-3H3,(H,29,30,33).